The van der Waals surface area contributed by atoms with Crippen molar-refractivity contribution < 1.29 is 0 Å². The quantitative estimate of drug-likeness (QED) is 0.799. The van der Waals surface area contributed by atoms with E-state index in [1.54, 1.807) is 0 Å². The summed E-state index contributed by atoms with van der Waals surface area (Å²) < 4.78 is 3.18. The molecule has 1 unspecified atom stereocenters. The minimum atomic E-state index is 0.594. The molecule has 1 aromatic rings. The Morgan fingerprint density at radius 3 is 2.39 bits per heavy atom. The fourth-order valence-corrected chi connectivity index (χ4v) is 2.99. The van der Waals surface area contributed by atoms with Crippen LogP contribution in [0.15, 0.2) is 4.47 Å². The van der Waals surface area contributed by atoms with E-state index >= 15 is 0 Å². The highest BCUT2D eigenvalue weighted by molar-refractivity contribution is 9.10. The van der Waals surface area contributed by atoms with Gasteiger partial charge in [-0.2, -0.15) is 5.10 Å². The van der Waals surface area contributed by atoms with Crippen LogP contribution in [0.1, 0.15) is 45.5 Å². The van der Waals surface area contributed by atoms with E-state index in [2.05, 4.69) is 60.7 Å². The van der Waals surface area contributed by atoms with Crippen molar-refractivity contribution in [3.8, 4) is 0 Å². The Labute approximate surface area is 120 Å². The average molecular weight is 316 g/mol. The highest BCUT2D eigenvalue weighted by Crippen LogP contribution is 2.23. The van der Waals surface area contributed by atoms with Crippen LogP contribution in [0.5, 0.6) is 0 Å². The monoisotopic (exact) mass is 315 g/mol. The zero-order valence-electron chi connectivity index (χ0n) is 12.5. The predicted molar refractivity (Wildman–Crippen MR) is 80.7 cm³/mol. The molecule has 0 amide bonds. The lowest BCUT2D eigenvalue weighted by atomic mass is 10.0. The average Bonchev–Trinajstić information content (AvgIpc) is 2.55. The minimum absolute atomic E-state index is 0.594. The van der Waals surface area contributed by atoms with Gasteiger partial charge in [0.1, 0.15) is 0 Å². The first-order valence-corrected chi connectivity index (χ1v) is 7.56. The van der Waals surface area contributed by atoms with Crippen LogP contribution in [0.25, 0.3) is 0 Å². The van der Waals surface area contributed by atoms with E-state index in [4.69, 9.17) is 0 Å². The van der Waals surface area contributed by atoms with Gasteiger partial charge in [0.15, 0.2) is 0 Å². The van der Waals surface area contributed by atoms with Crippen molar-refractivity contribution in [3.05, 3.63) is 15.9 Å². The van der Waals surface area contributed by atoms with Gasteiger partial charge in [-0.05, 0) is 48.7 Å². The van der Waals surface area contributed by atoms with Crippen LogP contribution < -0.4 is 0 Å². The maximum Gasteiger partial charge on any atom is 0.0767 e. The Balaban J connectivity index is 2.75. The maximum absolute atomic E-state index is 4.55. The number of hydrogen-bond acceptors (Lipinski definition) is 2. The zero-order chi connectivity index (χ0) is 13.9. The van der Waals surface area contributed by atoms with Crippen LogP contribution in [0.3, 0.4) is 0 Å². The lowest BCUT2D eigenvalue weighted by Crippen LogP contribution is -2.30. The van der Waals surface area contributed by atoms with Crippen LogP contribution in [0.4, 0.5) is 0 Å². The summed E-state index contributed by atoms with van der Waals surface area (Å²) in [4.78, 5) is 2.40. The van der Waals surface area contributed by atoms with Crippen LogP contribution in [0, 0.1) is 5.92 Å². The molecule has 1 heterocycles. The third-order valence-corrected chi connectivity index (χ3v) is 4.38. The lowest BCUT2D eigenvalue weighted by Gasteiger charge is -2.26. The number of hydrogen-bond donors (Lipinski definition) is 0. The highest BCUT2D eigenvalue weighted by atomic mass is 79.9. The van der Waals surface area contributed by atoms with Crippen LogP contribution >= 0.6 is 15.9 Å². The molecule has 1 rings (SSSR count). The van der Waals surface area contributed by atoms with Gasteiger partial charge in [0.2, 0.25) is 0 Å². The molecule has 0 saturated heterocycles. The van der Waals surface area contributed by atoms with E-state index in [0.29, 0.717) is 6.04 Å². The Kier molecular flexibility index (Phi) is 5.86. The molecule has 0 bridgehead atoms. The van der Waals surface area contributed by atoms with Crippen molar-refractivity contribution in [1.82, 2.24) is 14.7 Å². The number of rotatable bonds is 6. The summed E-state index contributed by atoms with van der Waals surface area (Å²) in [6.07, 6.45) is 2.20. The van der Waals surface area contributed by atoms with Gasteiger partial charge in [-0.1, -0.05) is 20.8 Å². The molecule has 0 N–H and O–H groups in total. The van der Waals surface area contributed by atoms with Crippen LogP contribution in [-0.2, 0) is 20.0 Å². The first-order chi connectivity index (χ1) is 8.36. The lowest BCUT2D eigenvalue weighted by molar-refractivity contribution is 0.215. The molecule has 0 aromatic carbocycles. The summed E-state index contributed by atoms with van der Waals surface area (Å²) in [5.41, 5.74) is 2.42. The molecule has 0 spiro atoms. The van der Waals surface area contributed by atoms with Gasteiger partial charge >= 0.3 is 0 Å². The number of nitrogens with zero attached hydrogens (tertiary/aromatic N) is 3. The molecule has 104 valence electrons. The smallest absolute Gasteiger partial charge is 0.0767 e. The predicted octanol–water partition coefficient (Wildman–Crippen LogP) is 3.61. The summed E-state index contributed by atoms with van der Waals surface area (Å²) in [5, 5.41) is 4.55. The third-order valence-electron chi connectivity index (χ3n) is 3.47. The van der Waals surface area contributed by atoms with Gasteiger partial charge in [0.05, 0.1) is 15.9 Å². The molecule has 1 aromatic heterocycles. The first kappa shape index (κ1) is 15.7. The van der Waals surface area contributed by atoms with Crippen molar-refractivity contribution in [2.24, 2.45) is 13.0 Å². The molecule has 1 atom stereocenters. The topological polar surface area (TPSA) is 21.1 Å². The Morgan fingerprint density at radius 1 is 1.33 bits per heavy atom. The van der Waals surface area contributed by atoms with Gasteiger partial charge in [-0.3, -0.25) is 9.58 Å². The normalized spacial score (nSPS) is 13.6. The summed E-state index contributed by atoms with van der Waals surface area (Å²) >= 11 is 3.68. The molecule has 0 radical (unpaired) electrons. The molecule has 3 nitrogen and oxygen atoms in total. The third kappa shape index (κ3) is 3.82. The fraction of sp³-hybridized carbons (Fsp3) is 0.786. The van der Waals surface area contributed by atoms with Crippen molar-refractivity contribution in [3.63, 3.8) is 0 Å². The second-order valence-corrected chi connectivity index (χ2v) is 6.37. The Hall–Kier alpha value is -0.350. The second kappa shape index (κ2) is 6.71. The zero-order valence-corrected chi connectivity index (χ0v) is 14.1. The van der Waals surface area contributed by atoms with Crippen molar-refractivity contribution in [2.45, 2.75) is 53.1 Å². The SMILES string of the molecule is CCc1nn(C)c(CN(C)C(C)CC(C)C)c1Br. The first-order valence-electron chi connectivity index (χ1n) is 6.77. The largest absolute Gasteiger partial charge is 0.298 e. The molecule has 0 fully saturated rings. The van der Waals surface area contributed by atoms with Gasteiger partial charge in [-0.25, -0.2) is 0 Å². The minimum Gasteiger partial charge on any atom is -0.298 e. The standard InChI is InChI=1S/C14H26BrN3/c1-7-12-14(15)13(18(6)16-12)9-17(5)11(4)8-10(2)3/h10-11H,7-9H2,1-6H3. The van der Waals surface area contributed by atoms with Crippen LogP contribution in [-0.4, -0.2) is 27.8 Å². The molecular weight excluding hydrogens is 290 g/mol. The number of aryl methyl sites for hydroxylation is 2. The molecule has 0 aliphatic rings. The van der Waals surface area contributed by atoms with Crippen molar-refractivity contribution in [2.75, 3.05) is 7.05 Å². The molecule has 0 aliphatic heterocycles. The van der Waals surface area contributed by atoms with Gasteiger partial charge in [0.25, 0.3) is 0 Å². The van der Waals surface area contributed by atoms with Crippen molar-refractivity contribution in [1.29, 1.82) is 0 Å². The summed E-state index contributed by atoms with van der Waals surface area (Å²) in [5.74, 6) is 0.739. The summed E-state index contributed by atoms with van der Waals surface area (Å²) in [7, 11) is 4.22. The molecular formula is C14H26BrN3. The molecule has 0 aliphatic carbocycles. The molecule has 18 heavy (non-hydrogen) atoms. The number of aromatic nitrogens is 2. The van der Waals surface area contributed by atoms with E-state index in [-0.39, 0.29) is 0 Å². The van der Waals surface area contributed by atoms with Crippen molar-refractivity contribution >= 4 is 15.9 Å². The Bertz CT molecular complexity index is 385. The van der Waals surface area contributed by atoms with E-state index in [9.17, 15) is 0 Å². The van der Waals surface area contributed by atoms with E-state index in [1.165, 1.54) is 16.6 Å². The van der Waals surface area contributed by atoms with Gasteiger partial charge < -0.3 is 0 Å². The maximum atomic E-state index is 4.55. The second-order valence-electron chi connectivity index (χ2n) is 5.58. The van der Waals surface area contributed by atoms with Gasteiger partial charge in [-0.15, -0.1) is 0 Å². The molecule has 0 saturated carbocycles. The summed E-state index contributed by atoms with van der Waals surface area (Å²) in [6.45, 7) is 9.93. The van der Waals surface area contributed by atoms with Crippen LogP contribution in [0.2, 0.25) is 0 Å². The fourth-order valence-electron chi connectivity index (χ4n) is 2.25. The van der Waals surface area contributed by atoms with Gasteiger partial charge in [0, 0.05) is 19.6 Å². The van der Waals surface area contributed by atoms with E-state index in [1.807, 2.05) is 11.7 Å². The Morgan fingerprint density at radius 2 is 1.94 bits per heavy atom. The summed E-state index contributed by atoms with van der Waals surface area (Å²) in [6, 6.07) is 0.594. The van der Waals surface area contributed by atoms with E-state index < -0.39 is 0 Å². The highest BCUT2D eigenvalue weighted by Gasteiger charge is 2.17. The number of halogens is 1. The molecule has 4 heteroatoms. The van der Waals surface area contributed by atoms with E-state index in [0.717, 1.165) is 24.6 Å².